The minimum Gasteiger partial charge on any atom is -0.314 e. The second-order valence-electron chi connectivity index (χ2n) is 4.46. The van der Waals surface area contributed by atoms with Crippen LogP contribution < -0.4 is 5.32 Å². The Morgan fingerprint density at radius 2 is 2.12 bits per heavy atom. The fraction of sp³-hybridized carbons (Fsp3) is 0.769. The maximum absolute atomic E-state index is 4.41. The number of aryl methyl sites for hydroxylation is 2. The van der Waals surface area contributed by atoms with E-state index < -0.39 is 0 Å². The molecule has 0 aromatic carbocycles. The molecule has 0 aliphatic heterocycles. The zero-order valence-corrected chi connectivity index (χ0v) is 10.9. The van der Waals surface area contributed by atoms with Crippen LogP contribution in [0.4, 0.5) is 0 Å². The number of hydrogen-bond acceptors (Lipinski definition) is 2. The van der Waals surface area contributed by atoms with E-state index in [0.717, 1.165) is 13.0 Å². The minimum atomic E-state index is 0.659. The first-order valence-corrected chi connectivity index (χ1v) is 6.48. The average Bonchev–Trinajstić information content (AvgIpc) is 2.68. The summed E-state index contributed by atoms with van der Waals surface area (Å²) in [4.78, 5) is 0. The van der Waals surface area contributed by atoms with Gasteiger partial charge in [-0.2, -0.15) is 5.10 Å². The molecule has 0 saturated heterocycles. The van der Waals surface area contributed by atoms with Crippen LogP contribution in [0.3, 0.4) is 0 Å². The molecule has 0 aliphatic rings. The van der Waals surface area contributed by atoms with Crippen molar-refractivity contribution in [2.24, 2.45) is 7.05 Å². The van der Waals surface area contributed by atoms with Gasteiger partial charge in [0.25, 0.3) is 0 Å². The lowest BCUT2D eigenvalue weighted by atomic mass is 10.0. The molecule has 1 aromatic rings. The van der Waals surface area contributed by atoms with Gasteiger partial charge in [-0.3, -0.25) is 4.68 Å². The van der Waals surface area contributed by atoms with Crippen molar-refractivity contribution in [2.45, 2.75) is 52.0 Å². The predicted octanol–water partition coefficient (Wildman–Crippen LogP) is 2.52. The van der Waals surface area contributed by atoms with Gasteiger partial charge in [0, 0.05) is 19.3 Å². The largest absolute Gasteiger partial charge is 0.314 e. The molecule has 0 radical (unpaired) electrons. The van der Waals surface area contributed by atoms with E-state index in [4.69, 9.17) is 0 Å². The Hall–Kier alpha value is -0.830. The molecule has 92 valence electrons. The molecular weight excluding hydrogens is 198 g/mol. The molecule has 0 saturated carbocycles. The van der Waals surface area contributed by atoms with Gasteiger partial charge in [-0.15, -0.1) is 0 Å². The molecule has 1 N–H and O–H groups in total. The van der Waals surface area contributed by atoms with Crippen molar-refractivity contribution in [3.63, 3.8) is 0 Å². The summed E-state index contributed by atoms with van der Waals surface area (Å²) in [5, 5.41) is 8.02. The van der Waals surface area contributed by atoms with Crippen LogP contribution in [0.15, 0.2) is 12.3 Å². The lowest BCUT2D eigenvalue weighted by molar-refractivity contribution is 0.446. The Balaban J connectivity index is 2.30. The van der Waals surface area contributed by atoms with E-state index in [0.29, 0.717) is 6.04 Å². The lowest BCUT2D eigenvalue weighted by Gasteiger charge is -2.16. The van der Waals surface area contributed by atoms with Gasteiger partial charge in [-0.1, -0.05) is 20.3 Å². The first-order chi connectivity index (χ1) is 7.76. The molecule has 0 fully saturated rings. The third-order valence-electron chi connectivity index (χ3n) is 2.84. The summed E-state index contributed by atoms with van der Waals surface area (Å²) in [6.45, 7) is 5.60. The average molecular weight is 223 g/mol. The highest BCUT2D eigenvalue weighted by molar-refractivity contribution is 4.99. The monoisotopic (exact) mass is 223 g/mol. The van der Waals surface area contributed by atoms with Gasteiger partial charge in [0.05, 0.1) is 5.69 Å². The first kappa shape index (κ1) is 13.2. The fourth-order valence-corrected chi connectivity index (χ4v) is 1.96. The Morgan fingerprint density at radius 3 is 2.69 bits per heavy atom. The summed E-state index contributed by atoms with van der Waals surface area (Å²) in [7, 11) is 1.97. The number of hydrogen-bond donors (Lipinski definition) is 1. The van der Waals surface area contributed by atoms with Crippen molar-refractivity contribution >= 4 is 0 Å². The van der Waals surface area contributed by atoms with Crippen LogP contribution in [0, 0.1) is 0 Å². The normalized spacial score (nSPS) is 12.9. The predicted molar refractivity (Wildman–Crippen MR) is 68.5 cm³/mol. The van der Waals surface area contributed by atoms with Gasteiger partial charge in [0.1, 0.15) is 0 Å². The van der Waals surface area contributed by atoms with Crippen LogP contribution in [0.1, 0.15) is 45.2 Å². The Morgan fingerprint density at radius 1 is 1.31 bits per heavy atom. The summed E-state index contributed by atoms with van der Waals surface area (Å²) < 4.78 is 1.88. The van der Waals surface area contributed by atoms with E-state index in [-0.39, 0.29) is 0 Å². The summed E-state index contributed by atoms with van der Waals surface area (Å²) in [5.74, 6) is 0. The molecule has 0 spiro atoms. The van der Waals surface area contributed by atoms with E-state index in [1.54, 1.807) is 0 Å². The highest BCUT2D eigenvalue weighted by atomic mass is 15.2. The topological polar surface area (TPSA) is 29.9 Å². The van der Waals surface area contributed by atoms with Crippen molar-refractivity contribution in [3.05, 3.63) is 18.0 Å². The van der Waals surface area contributed by atoms with E-state index in [9.17, 15) is 0 Å². The van der Waals surface area contributed by atoms with Crippen LogP contribution >= 0.6 is 0 Å². The van der Waals surface area contributed by atoms with E-state index in [2.05, 4.69) is 30.3 Å². The summed E-state index contributed by atoms with van der Waals surface area (Å²) in [6, 6.07) is 2.77. The molecule has 0 bridgehead atoms. The van der Waals surface area contributed by atoms with Crippen LogP contribution in [0.25, 0.3) is 0 Å². The maximum Gasteiger partial charge on any atom is 0.0625 e. The molecule has 3 heteroatoms. The number of aromatic nitrogens is 2. The summed E-state index contributed by atoms with van der Waals surface area (Å²) in [6.07, 6.45) is 8.04. The molecule has 1 atom stereocenters. The fourth-order valence-electron chi connectivity index (χ4n) is 1.96. The van der Waals surface area contributed by atoms with Crippen LogP contribution in [0.5, 0.6) is 0 Å². The van der Waals surface area contributed by atoms with Crippen molar-refractivity contribution in [1.29, 1.82) is 0 Å². The SMILES string of the molecule is CCCNC(CCC)CCc1ccn(C)n1. The van der Waals surface area contributed by atoms with Crippen molar-refractivity contribution in [3.8, 4) is 0 Å². The molecule has 16 heavy (non-hydrogen) atoms. The molecule has 1 aromatic heterocycles. The first-order valence-electron chi connectivity index (χ1n) is 6.48. The van der Waals surface area contributed by atoms with Gasteiger partial charge in [0.2, 0.25) is 0 Å². The van der Waals surface area contributed by atoms with Gasteiger partial charge in [-0.25, -0.2) is 0 Å². The molecule has 1 rings (SSSR count). The zero-order valence-electron chi connectivity index (χ0n) is 10.9. The van der Waals surface area contributed by atoms with Crippen LogP contribution in [-0.2, 0) is 13.5 Å². The molecule has 1 heterocycles. The summed E-state index contributed by atoms with van der Waals surface area (Å²) in [5.41, 5.74) is 1.21. The second kappa shape index (κ2) is 7.44. The Bertz CT molecular complexity index is 280. The van der Waals surface area contributed by atoms with Gasteiger partial charge >= 0.3 is 0 Å². The third kappa shape index (κ3) is 4.79. The van der Waals surface area contributed by atoms with Crippen LogP contribution in [0.2, 0.25) is 0 Å². The minimum absolute atomic E-state index is 0.659. The maximum atomic E-state index is 4.41. The van der Waals surface area contributed by atoms with E-state index in [1.807, 2.05) is 17.9 Å². The van der Waals surface area contributed by atoms with Crippen molar-refractivity contribution in [2.75, 3.05) is 6.54 Å². The third-order valence-corrected chi connectivity index (χ3v) is 2.84. The van der Waals surface area contributed by atoms with Gasteiger partial charge in [0.15, 0.2) is 0 Å². The second-order valence-corrected chi connectivity index (χ2v) is 4.46. The summed E-state index contributed by atoms with van der Waals surface area (Å²) >= 11 is 0. The van der Waals surface area contributed by atoms with E-state index >= 15 is 0 Å². The number of rotatable bonds is 8. The quantitative estimate of drug-likeness (QED) is 0.734. The highest BCUT2D eigenvalue weighted by Crippen LogP contribution is 2.07. The number of nitrogens with zero attached hydrogens (tertiary/aromatic N) is 2. The Kier molecular flexibility index (Phi) is 6.16. The molecular formula is C13H25N3. The lowest BCUT2D eigenvalue weighted by Crippen LogP contribution is -2.30. The molecule has 3 nitrogen and oxygen atoms in total. The van der Waals surface area contributed by atoms with Gasteiger partial charge in [-0.05, 0) is 38.3 Å². The smallest absolute Gasteiger partial charge is 0.0625 e. The molecule has 1 unspecified atom stereocenters. The Labute approximate surface area is 99.2 Å². The van der Waals surface area contributed by atoms with E-state index in [1.165, 1.54) is 31.4 Å². The standard InChI is InChI=1S/C13H25N3/c1-4-6-12(14-10-5-2)7-8-13-9-11-16(3)15-13/h9,11-12,14H,4-8,10H2,1-3H3. The zero-order chi connectivity index (χ0) is 11.8. The van der Waals surface area contributed by atoms with Crippen LogP contribution in [-0.4, -0.2) is 22.4 Å². The van der Waals surface area contributed by atoms with Gasteiger partial charge < -0.3 is 5.32 Å². The number of nitrogens with one attached hydrogen (secondary N) is 1. The van der Waals surface area contributed by atoms with Crippen molar-refractivity contribution < 1.29 is 0 Å². The molecule has 0 aliphatic carbocycles. The highest BCUT2D eigenvalue weighted by Gasteiger charge is 2.07. The van der Waals surface area contributed by atoms with Crippen molar-refractivity contribution in [1.82, 2.24) is 15.1 Å². The molecule has 0 amide bonds.